The fraction of sp³-hybridized carbons (Fsp3) is 0.250. The van der Waals surface area contributed by atoms with E-state index in [1.165, 1.54) is 18.1 Å². The molecule has 0 amide bonds. The highest BCUT2D eigenvalue weighted by atomic mass is 16.4. The molecule has 0 unspecified atom stereocenters. The van der Waals surface area contributed by atoms with Crippen molar-refractivity contribution in [1.82, 2.24) is 9.97 Å². The highest BCUT2D eigenvalue weighted by molar-refractivity contribution is 5.72. The van der Waals surface area contributed by atoms with Crippen LogP contribution in [-0.2, 0) is 4.79 Å². The molecule has 0 aliphatic rings. The van der Waals surface area contributed by atoms with E-state index in [1.807, 2.05) is 6.07 Å². The first kappa shape index (κ1) is 10.7. The Balaban J connectivity index is 2.93. The lowest BCUT2D eigenvalue weighted by Gasteiger charge is -2.14. The summed E-state index contributed by atoms with van der Waals surface area (Å²) in [7, 11) is 1.52. The van der Waals surface area contributed by atoms with Crippen molar-refractivity contribution in [3.63, 3.8) is 0 Å². The molecule has 3 N–H and O–H groups in total. The van der Waals surface area contributed by atoms with Gasteiger partial charge < -0.3 is 15.7 Å². The van der Waals surface area contributed by atoms with Crippen molar-refractivity contribution in [3.8, 4) is 6.07 Å². The van der Waals surface area contributed by atoms with Crippen LogP contribution in [0.4, 0.5) is 11.8 Å². The van der Waals surface area contributed by atoms with Gasteiger partial charge in [-0.25, -0.2) is 4.98 Å². The molecular weight excluding hydrogens is 198 g/mol. The first-order chi connectivity index (χ1) is 7.04. The van der Waals surface area contributed by atoms with E-state index in [9.17, 15) is 4.79 Å². The number of nitrogen functional groups attached to an aromatic ring is 1. The first-order valence-electron chi connectivity index (χ1n) is 4.00. The summed E-state index contributed by atoms with van der Waals surface area (Å²) in [6.07, 6.45) is 1.26. The maximum absolute atomic E-state index is 10.4. The Morgan fingerprint density at radius 1 is 1.80 bits per heavy atom. The molecule has 7 nitrogen and oxygen atoms in total. The van der Waals surface area contributed by atoms with Gasteiger partial charge >= 0.3 is 5.97 Å². The van der Waals surface area contributed by atoms with Crippen molar-refractivity contribution in [3.05, 3.63) is 11.8 Å². The lowest BCUT2D eigenvalue weighted by molar-refractivity contribution is -0.135. The standard InChI is InChI=1S/C8H9N5O2/c1-13(4-6(14)15)8-11-3-5(2-9)7(10)12-8/h3H,4H2,1H3,(H,14,15)(H2,10,11,12). The van der Waals surface area contributed by atoms with Crippen molar-refractivity contribution < 1.29 is 9.90 Å². The van der Waals surface area contributed by atoms with Crippen LogP contribution in [0, 0.1) is 11.3 Å². The van der Waals surface area contributed by atoms with Crippen LogP contribution in [0.5, 0.6) is 0 Å². The minimum Gasteiger partial charge on any atom is -0.480 e. The van der Waals surface area contributed by atoms with Crippen LogP contribution in [0.25, 0.3) is 0 Å². The van der Waals surface area contributed by atoms with E-state index in [0.29, 0.717) is 0 Å². The predicted molar refractivity (Wildman–Crippen MR) is 52.1 cm³/mol. The Morgan fingerprint density at radius 3 is 2.93 bits per heavy atom. The summed E-state index contributed by atoms with van der Waals surface area (Å²) < 4.78 is 0. The third kappa shape index (κ3) is 2.54. The van der Waals surface area contributed by atoms with Gasteiger partial charge in [-0.2, -0.15) is 10.2 Å². The number of aromatic nitrogens is 2. The first-order valence-corrected chi connectivity index (χ1v) is 4.00. The van der Waals surface area contributed by atoms with Crippen molar-refractivity contribution in [1.29, 1.82) is 5.26 Å². The summed E-state index contributed by atoms with van der Waals surface area (Å²) in [6.45, 7) is -0.231. The Hall–Kier alpha value is -2.36. The zero-order chi connectivity index (χ0) is 11.4. The molecule has 0 saturated carbocycles. The highest BCUT2D eigenvalue weighted by Crippen LogP contribution is 2.10. The van der Waals surface area contributed by atoms with E-state index in [2.05, 4.69) is 9.97 Å². The second-order valence-corrected chi connectivity index (χ2v) is 2.83. The van der Waals surface area contributed by atoms with E-state index in [0.717, 1.165) is 0 Å². The number of anilines is 2. The monoisotopic (exact) mass is 207 g/mol. The normalized spacial score (nSPS) is 9.33. The Bertz CT molecular complexity index is 426. The molecule has 0 aliphatic heterocycles. The molecule has 1 rings (SSSR count). The third-order valence-corrected chi connectivity index (χ3v) is 1.64. The topological polar surface area (TPSA) is 116 Å². The summed E-state index contributed by atoms with van der Waals surface area (Å²) in [5.74, 6) is -0.780. The van der Waals surface area contributed by atoms with Gasteiger partial charge in [-0.15, -0.1) is 0 Å². The van der Waals surface area contributed by atoms with Gasteiger partial charge in [-0.3, -0.25) is 4.79 Å². The van der Waals surface area contributed by atoms with Crippen molar-refractivity contribution in [2.45, 2.75) is 0 Å². The van der Waals surface area contributed by atoms with Crippen LogP contribution in [-0.4, -0.2) is 34.6 Å². The fourth-order valence-electron chi connectivity index (χ4n) is 0.929. The number of carboxylic acid groups (broad SMARTS) is 1. The number of aliphatic carboxylic acids is 1. The van der Waals surface area contributed by atoms with Gasteiger partial charge in [0.15, 0.2) is 0 Å². The van der Waals surface area contributed by atoms with Gasteiger partial charge in [0, 0.05) is 7.05 Å². The molecule has 0 fully saturated rings. The van der Waals surface area contributed by atoms with Gasteiger partial charge in [0.2, 0.25) is 5.95 Å². The summed E-state index contributed by atoms with van der Waals surface area (Å²) in [6, 6.07) is 1.82. The minimum atomic E-state index is -0.996. The lowest BCUT2D eigenvalue weighted by Crippen LogP contribution is -2.27. The summed E-state index contributed by atoms with van der Waals surface area (Å²) in [5.41, 5.74) is 5.62. The number of nitriles is 1. The smallest absolute Gasteiger partial charge is 0.323 e. The molecule has 15 heavy (non-hydrogen) atoms. The lowest BCUT2D eigenvalue weighted by atomic mass is 10.3. The maximum atomic E-state index is 10.4. The average molecular weight is 207 g/mol. The minimum absolute atomic E-state index is 0.0414. The van der Waals surface area contributed by atoms with Gasteiger partial charge in [0.05, 0.1) is 6.20 Å². The number of rotatable bonds is 3. The Kier molecular flexibility index (Phi) is 3.03. The molecule has 0 saturated heterocycles. The quantitative estimate of drug-likeness (QED) is 0.682. The Labute approximate surface area is 85.8 Å². The van der Waals surface area contributed by atoms with Crippen LogP contribution in [0.3, 0.4) is 0 Å². The molecule has 0 spiro atoms. The molecule has 0 bridgehead atoms. The molecule has 1 heterocycles. The molecule has 0 aromatic carbocycles. The summed E-state index contributed by atoms with van der Waals surface area (Å²) in [4.78, 5) is 19.3. The largest absolute Gasteiger partial charge is 0.480 e. The van der Waals surface area contributed by atoms with E-state index >= 15 is 0 Å². The Morgan fingerprint density at radius 2 is 2.47 bits per heavy atom. The fourth-order valence-corrected chi connectivity index (χ4v) is 0.929. The number of hydrogen-bond acceptors (Lipinski definition) is 6. The number of nitrogens with zero attached hydrogens (tertiary/aromatic N) is 4. The molecule has 78 valence electrons. The molecule has 0 atom stereocenters. The van der Waals surface area contributed by atoms with Crippen molar-refractivity contribution in [2.75, 3.05) is 24.2 Å². The molecule has 1 aromatic heterocycles. The molecule has 1 aromatic rings. The van der Waals surface area contributed by atoms with E-state index < -0.39 is 5.97 Å². The van der Waals surface area contributed by atoms with Gasteiger partial charge in [-0.1, -0.05) is 0 Å². The third-order valence-electron chi connectivity index (χ3n) is 1.64. The van der Waals surface area contributed by atoms with Crippen LogP contribution in [0.15, 0.2) is 6.20 Å². The van der Waals surface area contributed by atoms with Crippen molar-refractivity contribution in [2.24, 2.45) is 0 Å². The number of carbonyl (C=O) groups is 1. The number of carboxylic acids is 1. The molecule has 0 radical (unpaired) electrons. The second-order valence-electron chi connectivity index (χ2n) is 2.83. The molecular formula is C8H9N5O2. The van der Waals surface area contributed by atoms with Crippen LogP contribution >= 0.6 is 0 Å². The summed E-state index contributed by atoms with van der Waals surface area (Å²) >= 11 is 0. The number of hydrogen-bond donors (Lipinski definition) is 2. The van der Waals surface area contributed by atoms with E-state index in [4.69, 9.17) is 16.1 Å². The highest BCUT2D eigenvalue weighted by Gasteiger charge is 2.10. The molecule has 0 aliphatic carbocycles. The van der Waals surface area contributed by atoms with Crippen LogP contribution in [0.1, 0.15) is 5.56 Å². The maximum Gasteiger partial charge on any atom is 0.323 e. The average Bonchev–Trinajstić information content (AvgIpc) is 2.16. The van der Waals surface area contributed by atoms with Gasteiger partial charge in [0.25, 0.3) is 0 Å². The van der Waals surface area contributed by atoms with Gasteiger partial charge in [-0.05, 0) is 0 Å². The zero-order valence-corrected chi connectivity index (χ0v) is 8.01. The van der Waals surface area contributed by atoms with E-state index in [1.54, 1.807) is 0 Å². The van der Waals surface area contributed by atoms with Gasteiger partial charge in [0.1, 0.15) is 24.0 Å². The number of nitrogens with two attached hydrogens (primary N) is 1. The second kappa shape index (κ2) is 4.23. The van der Waals surface area contributed by atoms with Crippen LogP contribution < -0.4 is 10.6 Å². The van der Waals surface area contributed by atoms with Crippen molar-refractivity contribution >= 4 is 17.7 Å². The summed E-state index contributed by atoms with van der Waals surface area (Å²) in [5, 5.41) is 17.1. The SMILES string of the molecule is CN(CC(=O)O)c1ncc(C#N)c(N)n1. The van der Waals surface area contributed by atoms with E-state index in [-0.39, 0.29) is 23.9 Å². The predicted octanol–water partition coefficient (Wildman–Crippen LogP) is -0.549. The molecule has 7 heteroatoms. The zero-order valence-electron chi connectivity index (χ0n) is 8.01. The number of likely N-dealkylation sites (N-methyl/N-ethyl adjacent to an activating group) is 1. The van der Waals surface area contributed by atoms with Crippen LogP contribution in [0.2, 0.25) is 0 Å².